The Labute approximate surface area is 188 Å². The summed E-state index contributed by atoms with van der Waals surface area (Å²) in [5.41, 5.74) is 1.14. The number of piperazine rings is 1. The lowest BCUT2D eigenvalue weighted by atomic mass is 10.1. The average Bonchev–Trinajstić information content (AvgIpc) is 2.78. The Balaban J connectivity index is 1.50. The molecular weight excluding hydrogens is 432 g/mol. The van der Waals surface area contributed by atoms with Crippen molar-refractivity contribution in [2.45, 2.75) is 4.90 Å². The van der Waals surface area contributed by atoms with Gasteiger partial charge in [-0.25, -0.2) is 12.7 Å². The van der Waals surface area contributed by atoms with Crippen LogP contribution >= 0.6 is 0 Å². The van der Waals surface area contributed by atoms with Gasteiger partial charge in [0.15, 0.2) is 6.61 Å². The number of sulfonamides is 1. The van der Waals surface area contributed by atoms with E-state index in [1.54, 1.807) is 24.3 Å². The third kappa shape index (κ3) is 5.84. The van der Waals surface area contributed by atoms with E-state index in [0.717, 1.165) is 17.4 Å². The summed E-state index contributed by atoms with van der Waals surface area (Å²) in [7, 11) is 1.43. The van der Waals surface area contributed by atoms with E-state index in [4.69, 9.17) is 4.74 Å². The van der Waals surface area contributed by atoms with E-state index in [2.05, 4.69) is 10.2 Å². The van der Waals surface area contributed by atoms with Gasteiger partial charge in [0.2, 0.25) is 10.0 Å². The second-order valence-electron chi connectivity index (χ2n) is 7.77. The SMILES string of the molecule is CN1CCN(C(=O)c2ccc(NC(=O)COc3ccc(S(=O)(=O)N(C)C)cc3)cc2)CC1. The number of nitrogens with zero attached hydrogens (tertiary/aromatic N) is 3. The Morgan fingerprint density at radius 2 is 1.56 bits per heavy atom. The fraction of sp³-hybridized carbons (Fsp3) is 0.364. The molecule has 2 amide bonds. The van der Waals surface area contributed by atoms with Gasteiger partial charge in [0.1, 0.15) is 5.75 Å². The minimum absolute atomic E-state index is 0.0148. The Morgan fingerprint density at radius 3 is 2.12 bits per heavy atom. The number of nitrogens with one attached hydrogen (secondary N) is 1. The third-order valence-electron chi connectivity index (χ3n) is 5.18. The van der Waals surface area contributed by atoms with E-state index in [0.29, 0.717) is 30.1 Å². The fourth-order valence-corrected chi connectivity index (χ4v) is 4.05. The Bertz CT molecular complexity index is 1040. The predicted molar refractivity (Wildman–Crippen MR) is 121 cm³/mol. The highest BCUT2D eigenvalue weighted by molar-refractivity contribution is 7.89. The van der Waals surface area contributed by atoms with Gasteiger partial charge in [-0.15, -0.1) is 0 Å². The van der Waals surface area contributed by atoms with Gasteiger partial charge in [0.25, 0.3) is 11.8 Å². The number of amides is 2. The molecule has 0 bridgehead atoms. The van der Waals surface area contributed by atoms with Crippen LogP contribution in [0.5, 0.6) is 5.75 Å². The molecule has 1 aliphatic rings. The topological polar surface area (TPSA) is 99.3 Å². The molecule has 1 saturated heterocycles. The maximum absolute atomic E-state index is 12.6. The van der Waals surface area contributed by atoms with E-state index in [1.165, 1.54) is 38.4 Å². The van der Waals surface area contributed by atoms with Crippen molar-refractivity contribution in [1.29, 1.82) is 0 Å². The average molecular weight is 461 g/mol. The maximum atomic E-state index is 12.6. The molecule has 1 heterocycles. The molecule has 0 radical (unpaired) electrons. The van der Waals surface area contributed by atoms with Crippen molar-refractivity contribution >= 4 is 27.5 Å². The standard InChI is InChI=1S/C22H28N4O5S/c1-24(2)32(29,30)20-10-8-19(9-11-20)31-16-21(27)23-18-6-4-17(5-7-18)22(28)26-14-12-25(3)13-15-26/h4-11H,12-16H2,1-3H3,(H,23,27). The van der Waals surface area contributed by atoms with Gasteiger partial charge in [0.05, 0.1) is 4.90 Å². The van der Waals surface area contributed by atoms with Gasteiger partial charge < -0.3 is 19.9 Å². The molecule has 1 aliphatic heterocycles. The van der Waals surface area contributed by atoms with Crippen molar-refractivity contribution < 1.29 is 22.7 Å². The number of rotatable bonds is 7. The van der Waals surface area contributed by atoms with E-state index in [-0.39, 0.29) is 23.3 Å². The van der Waals surface area contributed by atoms with Crippen molar-refractivity contribution in [2.75, 3.05) is 59.2 Å². The first-order chi connectivity index (χ1) is 15.2. The third-order valence-corrected chi connectivity index (χ3v) is 7.01. The highest BCUT2D eigenvalue weighted by Crippen LogP contribution is 2.18. The van der Waals surface area contributed by atoms with E-state index >= 15 is 0 Å². The van der Waals surface area contributed by atoms with Crippen LogP contribution in [0.3, 0.4) is 0 Å². The molecule has 172 valence electrons. The molecule has 0 atom stereocenters. The van der Waals surface area contributed by atoms with Crippen LogP contribution in [0.4, 0.5) is 5.69 Å². The van der Waals surface area contributed by atoms with E-state index in [1.807, 2.05) is 11.9 Å². The van der Waals surface area contributed by atoms with E-state index in [9.17, 15) is 18.0 Å². The minimum Gasteiger partial charge on any atom is -0.484 e. The number of hydrogen-bond acceptors (Lipinski definition) is 6. The molecule has 9 nitrogen and oxygen atoms in total. The second kappa shape index (κ2) is 10.1. The Morgan fingerprint density at radius 1 is 0.969 bits per heavy atom. The molecule has 1 N–H and O–H groups in total. The number of carbonyl (C=O) groups is 2. The number of likely N-dealkylation sites (N-methyl/N-ethyl adjacent to an activating group) is 1. The maximum Gasteiger partial charge on any atom is 0.262 e. The molecule has 2 aromatic carbocycles. The smallest absolute Gasteiger partial charge is 0.262 e. The summed E-state index contributed by atoms with van der Waals surface area (Å²) in [6, 6.07) is 12.6. The lowest BCUT2D eigenvalue weighted by Crippen LogP contribution is -2.47. The quantitative estimate of drug-likeness (QED) is 0.670. The van der Waals surface area contributed by atoms with Crippen LogP contribution in [0.25, 0.3) is 0 Å². The first-order valence-electron chi connectivity index (χ1n) is 10.2. The largest absolute Gasteiger partial charge is 0.484 e. The van der Waals surface area contributed by atoms with Gasteiger partial charge in [-0.3, -0.25) is 9.59 Å². The molecule has 10 heteroatoms. The van der Waals surface area contributed by atoms with Gasteiger partial charge in [0, 0.05) is 51.5 Å². The molecule has 0 aliphatic carbocycles. The summed E-state index contributed by atoms with van der Waals surface area (Å²) in [5, 5.41) is 2.72. The molecule has 0 aromatic heterocycles. The molecule has 2 aromatic rings. The van der Waals surface area contributed by atoms with Crippen LogP contribution in [0.15, 0.2) is 53.4 Å². The van der Waals surface area contributed by atoms with Crippen LogP contribution in [-0.2, 0) is 14.8 Å². The van der Waals surface area contributed by atoms with Crippen molar-refractivity contribution in [1.82, 2.24) is 14.1 Å². The summed E-state index contributed by atoms with van der Waals surface area (Å²) < 4.78 is 30.7. The minimum atomic E-state index is -3.52. The van der Waals surface area contributed by atoms with Crippen molar-refractivity contribution in [2.24, 2.45) is 0 Å². The van der Waals surface area contributed by atoms with Crippen molar-refractivity contribution in [3.63, 3.8) is 0 Å². The zero-order valence-corrected chi connectivity index (χ0v) is 19.3. The van der Waals surface area contributed by atoms with Crippen molar-refractivity contribution in [3.8, 4) is 5.75 Å². The number of hydrogen-bond donors (Lipinski definition) is 1. The molecule has 0 unspecified atom stereocenters. The summed E-state index contributed by atoms with van der Waals surface area (Å²) in [6.07, 6.45) is 0. The number of anilines is 1. The monoisotopic (exact) mass is 460 g/mol. The molecule has 3 rings (SSSR count). The zero-order valence-electron chi connectivity index (χ0n) is 18.4. The van der Waals surface area contributed by atoms with Crippen LogP contribution in [0.2, 0.25) is 0 Å². The normalized spacial score (nSPS) is 14.9. The molecule has 0 spiro atoms. The molecule has 1 fully saturated rings. The van der Waals surface area contributed by atoms with Gasteiger partial charge in [-0.1, -0.05) is 0 Å². The Kier molecular flexibility index (Phi) is 7.49. The predicted octanol–water partition coefficient (Wildman–Crippen LogP) is 1.34. The van der Waals surface area contributed by atoms with Crippen molar-refractivity contribution in [3.05, 3.63) is 54.1 Å². The first kappa shape index (κ1) is 23.7. The number of ether oxygens (including phenoxy) is 1. The fourth-order valence-electron chi connectivity index (χ4n) is 3.15. The Hall–Kier alpha value is -2.95. The number of benzene rings is 2. The first-order valence-corrected chi connectivity index (χ1v) is 11.6. The van der Waals surface area contributed by atoms with Crippen LogP contribution in [-0.4, -0.2) is 88.3 Å². The number of carbonyl (C=O) groups excluding carboxylic acids is 2. The summed E-state index contributed by atoms with van der Waals surface area (Å²) in [5.74, 6) is -0.00171. The van der Waals surface area contributed by atoms with Crippen LogP contribution in [0, 0.1) is 0 Å². The second-order valence-corrected chi connectivity index (χ2v) is 9.92. The van der Waals surface area contributed by atoms with Gasteiger partial charge in [-0.05, 0) is 55.6 Å². The summed E-state index contributed by atoms with van der Waals surface area (Å²) in [6.45, 7) is 2.88. The summed E-state index contributed by atoms with van der Waals surface area (Å²) in [4.78, 5) is 28.9. The molecule has 32 heavy (non-hydrogen) atoms. The summed E-state index contributed by atoms with van der Waals surface area (Å²) >= 11 is 0. The van der Waals surface area contributed by atoms with Crippen LogP contribution in [0.1, 0.15) is 10.4 Å². The van der Waals surface area contributed by atoms with Crippen LogP contribution < -0.4 is 10.1 Å². The molecular formula is C22H28N4O5S. The lowest BCUT2D eigenvalue weighted by Gasteiger charge is -2.32. The van der Waals surface area contributed by atoms with Gasteiger partial charge in [-0.2, -0.15) is 0 Å². The van der Waals surface area contributed by atoms with Gasteiger partial charge >= 0.3 is 0 Å². The highest BCUT2D eigenvalue weighted by Gasteiger charge is 2.20. The van der Waals surface area contributed by atoms with E-state index < -0.39 is 10.0 Å². The highest BCUT2D eigenvalue weighted by atomic mass is 32.2. The zero-order chi connectivity index (χ0) is 23.3. The molecule has 0 saturated carbocycles. The lowest BCUT2D eigenvalue weighted by molar-refractivity contribution is -0.118.